The average molecular weight is 254 g/mol. The van der Waals surface area contributed by atoms with Gasteiger partial charge < -0.3 is 15.6 Å². The number of aliphatic carboxylic acids is 1. The quantitative estimate of drug-likeness (QED) is 0.563. The highest BCUT2D eigenvalue weighted by Gasteiger charge is 2.19. The minimum Gasteiger partial charge on any atom is -0.480 e. The highest BCUT2D eigenvalue weighted by molar-refractivity contribution is 5.83. The summed E-state index contributed by atoms with van der Waals surface area (Å²) >= 11 is 0. The zero-order valence-corrected chi connectivity index (χ0v) is 9.79. The number of ether oxygens (including phenoxy) is 1. The summed E-state index contributed by atoms with van der Waals surface area (Å²) in [6, 6.07) is -0.796. The van der Waals surface area contributed by atoms with Crippen molar-refractivity contribution >= 4 is 11.9 Å². The molecule has 0 saturated heterocycles. The Morgan fingerprint density at radius 2 is 2.11 bits per heavy atom. The number of amides is 1. The Balaban J connectivity index is 2.55. The van der Waals surface area contributed by atoms with Crippen LogP contribution in [0.25, 0.3) is 0 Å². The van der Waals surface area contributed by atoms with Crippen LogP contribution in [0.5, 0.6) is 6.01 Å². The van der Waals surface area contributed by atoms with Crippen LogP contribution in [0.2, 0.25) is 0 Å². The van der Waals surface area contributed by atoms with E-state index in [1.54, 1.807) is 0 Å². The fraction of sp³-hybridized carbons (Fsp3) is 0.400. The Morgan fingerprint density at radius 3 is 2.56 bits per heavy atom. The molecule has 1 aromatic heterocycles. The van der Waals surface area contributed by atoms with Crippen molar-refractivity contribution in [2.75, 3.05) is 7.11 Å². The lowest BCUT2D eigenvalue weighted by Crippen LogP contribution is -2.39. The number of carboxylic acids is 1. The Hall–Kier alpha value is -2.22. The maximum atomic E-state index is 10.8. The first kappa shape index (κ1) is 13.8. The van der Waals surface area contributed by atoms with Gasteiger partial charge in [0.15, 0.2) is 0 Å². The molecular weight excluding hydrogens is 240 g/mol. The summed E-state index contributed by atoms with van der Waals surface area (Å²) in [6.07, 6.45) is 2.73. The van der Waals surface area contributed by atoms with Crippen LogP contribution < -0.4 is 15.8 Å². The van der Waals surface area contributed by atoms with E-state index >= 15 is 0 Å². The fourth-order valence-corrected chi connectivity index (χ4v) is 1.23. The number of carbonyl (C=O) groups excluding carboxylic acids is 1. The molecule has 0 unspecified atom stereocenters. The summed E-state index contributed by atoms with van der Waals surface area (Å²) in [4.78, 5) is 29.3. The number of carbonyl (C=O) groups is 2. The van der Waals surface area contributed by atoms with E-state index in [4.69, 9.17) is 15.6 Å². The number of hydrogen-bond acceptors (Lipinski definition) is 6. The highest BCUT2D eigenvalue weighted by Crippen LogP contribution is 2.02. The number of nitrogens with zero attached hydrogens (tertiary/aromatic N) is 2. The van der Waals surface area contributed by atoms with Gasteiger partial charge in [0, 0.05) is 24.5 Å². The number of nitrogens with one attached hydrogen (secondary N) is 1. The van der Waals surface area contributed by atoms with Gasteiger partial charge in [-0.15, -0.1) is 0 Å². The minimum atomic E-state index is -1.14. The van der Waals surface area contributed by atoms with E-state index < -0.39 is 17.9 Å². The standard InChI is InChI=1S/C10H14N4O4/c1-18-10-13-4-6(5-14-10)3-12-7(9(16)17)2-8(11)15/h4-5,7,12H,2-3H2,1H3,(H2,11,15)(H,16,17)/t7-/m0/s1. The molecule has 8 nitrogen and oxygen atoms in total. The first-order valence-electron chi connectivity index (χ1n) is 5.12. The van der Waals surface area contributed by atoms with Crippen LogP contribution in [0.1, 0.15) is 12.0 Å². The van der Waals surface area contributed by atoms with Crippen LogP contribution in [-0.4, -0.2) is 40.1 Å². The molecule has 0 aromatic carbocycles. The number of hydrogen-bond donors (Lipinski definition) is 3. The Bertz CT molecular complexity index is 420. The van der Waals surface area contributed by atoms with Crippen molar-refractivity contribution in [3.63, 3.8) is 0 Å². The molecule has 0 fully saturated rings. The average Bonchev–Trinajstić information content (AvgIpc) is 2.34. The van der Waals surface area contributed by atoms with Crippen LogP contribution in [0, 0.1) is 0 Å². The number of nitrogens with two attached hydrogens (primary N) is 1. The van der Waals surface area contributed by atoms with Gasteiger partial charge >= 0.3 is 12.0 Å². The molecule has 98 valence electrons. The molecule has 18 heavy (non-hydrogen) atoms. The maximum absolute atomic E-state index is 10.8. The number of aromatic nitrogens is 2. The van der Waals surface area contributed by atoms with E-state index in [2.05, 4.69) is 15.3 Å². The summed E-state index contributed by atoms with van der Waals surface area (Å²) < 4.78 is 4.79. The molecule has 0 aliphatic heterocycles. The van der Waals surface area contributed by atoms with Gasteiger partial charge in [0.1, 0.15) is 6.04 Å². The third-order valence-electron chi connectivity index (χ3n) is 2.12. The molecule has 1 rings (SSSR count). The lowest BCUT2D eigenvalue weighted by molar-refractivity contribution is -0.141. The summed E-state index contributed by atoms with van der Waals surface area (Å²) in [5.74, 6) is -1.82. The predicted octanol–water partition coefficient (Wildman–Crippen LogP) is -1.10. The second-order valence-electron chi connectivity index (χ2n) is 3.52. The topological polar surface area (TPSA) is 127 Å². The Labute approximate surface area is 103 Å². The van der Waals surface area contributed by atoms with E-state index in [-0.39, 0.29) is 19.0 Å². The van der Waals surface area contributed by atoms with Gasteiger partial charge in [-0.3, -0.25) is 14.9 Å². The Morgan fingerprint density at radius 1 is 1.50 bits per heavy atom. The molecule has 0 aliphatic rings. The van der Waals surface area contributed by atoms with E-state index in [1.807, 2.05) is 0 Å². The van der Waals surface area contributed by atoms with Crippen LogP contribution in [-0.2, 0) is 16.1 Å². The third kappa shape index (κ3) is 4.34. The minimum absolute atomic E-state index is 0.217. The highest BCUT2D eigenvalue weighted by atomic mass is 16.5. The molecule has 1 amide bonds. The molecule has 0 aliphatic carbocycles. The molecule has 1 atom stereocenters. The summed E-state index contributed by atoms with van der Waals surface area (Å²) in [6.45, 7) is 0.217. The van der Waals surface area contributed by atoms with Gasteiger partial charge in [0.05, 0.1) is 13.5 Å². The van der Waals surface area contributed by atoms with Crippen molar-refractivity contribution < 1.29 is 19.4 Å². The summed E-state index contributed by atoms with van der Waals surface area (Å²) in [5, 5.41) is 11.5. The molecular formula is C10H14N4O4. The van der Waals surface area contributed by atoms with Crippen LogP contribution >= 0.6 is 0 Å². The number of methoxy groups -OCH3 is 1. The fourth-order valence-electron chi connectivity index (χ4n) is 1.23. The molecule has 1 heterocycles. The van der Waals surface area contributed by atoms with Crippen molar-refractivity contribution in [3.8, 4) is 6.01 Å². The molecule has 0 bridgehead atoms. The SMILES string of the molecule is COc1ncc(CN[C@@H](CC(N)=O)C(=O)O)cn1. The van der Waals surface area contributed by atoms with E-state index in [0.29, 0.717) is 5.56 Å². The van der Waals surface area contributed by atoms with Crippen molar-refractivity contribution in [2.45, 2.75) is 19.0 Å². The van der Waals surface area contributed by atoms with Crippen LogP contribution in [0.4, 0.5) is 0 Å². The molecule has 4 N–H and O–H groups in total. The summed E-state index contributed by atoms with van der Waals surface area (Å²) in [7, 11) is 1.45. The van der Waals surface area contributed by atoms with Gasteiger partial charge in [-0.25, -0.2) is 9.97 Å². The molecule has 8 heteroatoms. The lowest BCUT2D eigenvalue weighted by Gasteiger charge is -2.12. The van der Waals surface area contributed by atoms with E-state index in [9.17, 15) is 9.59 Å². The van der Waals surface area contributed by atoms with E-state index in [1.165, 1.54) is 19.5 Å². The predicted molar refractivity (Wildman–Crippen MR) is 60.7 cm³/mol. The number of primary amides is 1. The monoisotopic (exact) mass is 254 g/mol. The molecule has 0 radical (unpaired) electrons. The smallest absolute Gasteiger partial charge is 0.321 e. The van der Waals surface area contributed by atoms with Crippen molar-refractivity contribution in [2.24, 2.45) is 5.73 Å². The number of carboxylic acid groups (broad SMARTS) is 1. The van der Waals surface area contributed by atoms with Crippen molar-refractivity contribution in [3.05, 3.63) is 18.0 Å². The van der Waals surface area contributed by atoms with Crippen molar-refractivity contribution in [1.82, 2.24) is 15.3 Å². The van der Waals surface area contributed by atoms with Crippen molar-refractivity contribution in [1.29, 1.82) is 0 Å². The second-order valence-corrected chi connectivity index (χ2v) is 3.52. The van der Waals surface area contributed by atoms with Crippen LogP contribution in [0.3, 0.4) is 0 Å². The van der Waals surface area contributed by atoms with Gasteiger partial charge in [-0.2, -0.15) is 0 Å². The Kier molecular flexibility index (Phi) is 5.00. The zero-order chi connectivity index (χ0) is 13.5. The third-order valence-corrected chi connectivity index (χ3v) is 2.12. The molecule has 0 saturated carbocycles. The second kappa shape index (κ2) is 6.50. The zero-order valence-electron chi connectivity index (χ0n) is 9.79. The van der Waals surface area contributed by atoms with E-state index in [0.717, 1.165) is 0 Å². The first-order chi connectivity index (χ1) is 8.52. The van der Waals surface area contributed by atoms with Gasteiger partial charge in [0.25, 0.3) is 0 Å². The van der Waals surface area contributed by atoms with Gasteiger partial charge in [-0.05, 0) is 0 Å². The molecule has 1 aromatic rings. The maximum Gasteiger partial charge on any atom is 0.321 e. The van der Waals surface area contributed by atoms with Gasteiger partial charge in [0.2, 0.25) is 5.91 Å². The lowest BCUT2D eigenvalue weighted by atomic mass is 10.2. The van der Waals surface area contributed by atoms with Crippen LogP contribution in [0.15, 0.2) is 12.4 Å². The normalized spacial score (nSPS) is 11.8. The number of rotatable bonds is 7. The summed E-state index contributed by atoms with van der Waals surface area (Å²) in [5.41, 5.74) is 5.63. The van der Waals surface area contributed by atoms with Gasteiger partial charge in [-0.1, -0.05) is 0 Å². The molecule has 0 spiro atoms. The largest absolute Gasteiger partial charge is 0.480 e. The first-order valence-corrected chi connectivity index (χ1v) is 5.12.